The molecule has 1 aliphatic carbocycles. The van der Waals surface area contributed by atoms with Crippen molar-refractivity contribution in [3.05, 3.63) is 60.9 Å². The highest BCUT2D eigenvalue weighted by Gasteiger charge is 2.25. The standard InChI is InChI=1S/C26H30N6O/c1-28-16-18-6-5-7-20(13-10-18)32-26-23(25(27)29-17-30-26)24(31-32)19-11-14-22(15-12-19)33-21-8-3-2-4-9-21/h2-4,8-9,11-12,14-15,17-18,20,28H,5-7,10,13,16H2,1H3,(H2,27,29,30)/t18?,20-/m1/s1. The maximum Gasteiger partial charge on any atom is 0.164 e. The normalized spacial score (nSPS) is 18.8. The third-order valence-corrected chi connectivity index (χ3v) is 6.52. The second-order valence-electron chi connectivity index (χ2n) is 8.78. The molecule has 5 rings (SSSR count). The largest absolute Gasteiger partial charge is 0.457 e. The molecule has 0 aliphatic heterocycles. The molecule has 7 heteroatoms. The van der Waals surface area contributed by atoms with Crippen LogP contribution in [-0.4, -0.2) is 33.3 Å². The maximum absolute atomic E-state index is 6.32. The smallest absolute Gasteiger partial charge is 0.164 e. The van der Waals surface area contributed by atoms with Crippen molar-refractivity contribution in [3.63, 3.8) is 0 Å². The van der Waals surface area contributed by atoms with E-state index in [2.05, 4.69) is 20.0 Å². The quantitative estimate of drug-likeness (QED) is 0.399. The van der Waals surface area contributed by atoms with Gasteiger partial charge in [0.15, 0.2) is 5.65 Å². The first-order valence-electron chi connectivity index (χ1n) is 11.7. The monoisotopic (exact) mass is 442 g/mol. The van der Waals surface area contributed by atoms with Gasteiger partial charge in [-0.05, 0) is 81.6 Å². The van der Waals surface area contributed by atoms with Crippen LogP contribution in [0.5, 0.6) is 11.5 Å². The van der Waals surface area contributed by atoms with Gasteiger partial charge in [-0.25, -0.2) is 14.6 Å². The Balaban J connectivity index is 1.46. The molecule has 33 heavy (non-hydrogen) atoms. The number of ether oxygens (including phenoxy) is 1. The number of fused-ring (bicyclic) bond motifs is 1. The fourth-order valence-corrected chi connectivity index (χ4v) is 4.85. The van der Waals surface area contributed by atoms with Crippen LogP contribution in [0.4, 0.5) is 5.82 Å². The summed E-state index contributed by atoms with van der Waals surface area (Å²) in [5.41, 5.74) is 8.94. The Bertz CT molecular complexity index is 1200. The summed E-state index contributed by atoms with van der Waals surface area (Å²) in [6.07, 6.45) is 7.37. The molecular formula is C26H30N6O. The zero-order valence-corrected chi connectivity index (χ0v) is 18.9. The molecular weight excluding hydrogens is 412 g/mol. The maximum atomic E-state index is 6.32. The number of nitrogens with zero attached hydrogens (tertiary/aromatic N) is 4. The topological polar surface area (TPSA) is 90.9 Å². The molecule has 0 radical (unpaired) electrons. The van der Waals surface area contributed by atoms with E-state index in [0.29, 0.717) is 11.9 Å². The number of nitrogens with one attached hydrogen (secondary N) is 1. The van der Waals surface area contributed by atoms with Gasteiger partial charge in [-0.2, -0.15) is 5.10 Å². The van der Waals surface area contributed by atoms with Crippen LogP contribution >= 0.6 is 0 Å². The van der Waals surface area contributed by atoms with Crippen molar-refractivity contribution in [2.75, 3.05) is 19.3 Å². The Hall–Kier alpha value is -3.45. The molecule has 3 N–H and O–H groups in total. The second-order valence-corrected chi connectivity index (χ2v) is 8.78. The van der Waals surface area contributed by atoms with E-state index in [0.717, 1.165) is 59.1 Å². The fourth-order valence-electron chi connectivity index (χ4n) is 4.85. The van der Waals surface area contributed by atoms with Crippen LogP contribution in [0.2, 0.25) is 0 Å². The van der Waals surface area contributed by atoms with Gasteiger partial charge in [0.2, 0.25) is 0 Å². The third kappa shape index (κ3) is 4.54. The van der Waals surface area contributed by atoms with E-state index in [9.17, 15) is 0 Å². The van der Waals surface area contributed by atoms with Gasteiger partial charge >= 0.3 is 0 Å². The summed E-state index contributed by atoms with van der Waals surface area (Å²) >= 11 is 0. The summed E-state index contributed by atoms with van der Waals surface area (Å²) in [5, 5.41) is 9.20. The number of rotatable bonds is 6. The van der Waals surface area contributed by atoms with Crippen molar-refractivity contribution in [2.45, 2.75) is 38.1 Å². The molecule has 0 spiro atoms. The van der Waals surface area contributed by atoms with Gasteiger partial charge in [0.1, 0.15) is 29.3 Å². The van der Waals surface area contributed by atoms with Gasteiger partial charge in [0.05, 0.1) is 11.4 Å². The predicted molar refractivity (Wildman–Crippen MR) is 131 cm³/mol. The van der Waals surface area contributed by atoms with Crippen molar-refractivity contribution < 1.29 is 4.74 Å². The molecule has 2 heterocycles. The number of aromatic nitrogens is 4. The molecule has 4 aromatic rings. The summed E-state index contributed by atoms with van der Waals surface area (Å²) < 4.78 is 8.04. The van der Waals surface area contributed by atoms with Gasteiger partial charge in [0, 0.05) is 5.56 Å². The summed E-state index contributed by atoms with van der Waals surface area (Å²) in [7, 11) is 2.03. The summed E-state index contributed by atoms with van der Waals surface area (Å²) in [6.45, 7) is 1.07. The molecule has 7 nitrogen and oxygen atoms in total. The number of benzene rings is 2. The number of anilines is 1. The molecule has 1 aliphatic rings. The number of nitrogen functional groups attached to an aromatic ring is 1. The van der Waals surface area contributed by atoms with Crippen molar-refractivity contribution in [1.82, 2.24) is 25.1 Å². The Labute approximate surface area is 194 Å². The van der Waals surface area contributed by atoms with Crippen LogP contribution in [-0.2, 0) is 0 Å². The van der Waals surface area contributed by atoms with E-state index in [1.165, 1.54) is 25.6 Å². The second kappa shape index (κ2) is 9.58. The van der Waals surface area contributed by atoms with Gasteiger partial charge in [-0.1, -0.05) is 24.6 Å². The van der Waals surface area contributed by atoms with Gasteiger partial charge in [-0.15, -0.1) is 0 Å². The highest BCUT2D eigenvalue weighted by Crippen LogP contribution is 2.37. The lowest BCUT2D eigenvalue weighted by molar-refractivity contribution is 0.397. The minimum Gasteiger partial charge on any atom is -0.457 e. The summed E-state index contributed by atoms with van der Waals surface area (Å²) in [4.78, 5) is 8.86. The first-order chi connectivity index (χ1) is 16.2. The van der Waals surface area contributed by atoms with Crippen molar-refractivity contribution >= 4 is 16.9 Å². The third-order valence-electron chi connectivity index (χ3n) is 6.52. The zero-order chi connectivity index (χ0) is 22.6. The predicted octanol–water partition coefficient (Wildman–Crippen LogP) is 5.21. The average Bonchev–Trinajstić information content (AvgIpc) is 3.08. The van der Waals surface area contributed by atoms with E-state index in [4.69, 9.17) is 15.6 Å². The molecule has 2 aromatic carbocycles. The zero-order valence-electron chi connectivity index (χ0n) is 18.9. The molecule has 1 saturated carbocycles. The number of para-hydroxylation sites is 1. The number of nitrogens with two attached hydrogens (primary N) is 1. The Morgan fingerprint density at radius 1 is 0.970 bits per heavy atom. The summed E-state index contributed by atoms with van der Waals surface area (Å²) in [5.74, 6) is 2.77. The van der Waals surface area contributed by atoms with Crippen LogP contribution in [0.3, 0.4) is 0 Å². The minimum atomic E-state index is 0.318. The Morgan fingerprint density at radius 3 is 2.55 bits per heavy atom. The highest BCUT2D eigenvalue weighted by molar-refractivity contribution is 5.98. The van der Waals surface area contributed by atoms with Crippen molar-refractivity contribution in [1.29, 1.82) is 0 Å². The van der Waals surface area contributed by atoms with Crippen LogP contribution in [0.15, 0.2) is 60.9 Å². The molecule has 2 aromatic heterocycles. The lowest BCUT2D eigenvalue weighted by atomic mass is 10.0. The molecule has 170 valence electrons. The van der Waals surface area contributed by atoms with Crippen molar-refractivity contribution in [3.8, 4) is 22.8 Å². The fraction of sp³-hybridized carbons (Fsp3) is 0.346. The molecule has 0 saturated heterocycles. The van der Waals surface area contributed by atoms with Crippen molar-refractivity contribution in [2.24, 2.45) is 5.92 Å². The lowest BCUT2D eigenvalue weighted by Crippen LogP contribution is -2.18. The van der Waals surface area contributed by atoms with Crippen LogP contribution < -0.4 is 15.8 Å². The molecule has 0 bridgehead atoms. The van der Waals surface area contributed by atoms with Crippen LogP contribution in [0.25, 0.3) is 22.3 Å². The van der Waals surface area contributed by atoms with Gasteiger partial charge < -0.3 is 15.8 Å². The highest BCUT2D eigenvalue weighted by atomic mass is 16.5. The van der Waals surface area contributed by atoms with Crippen LogP contribution in [0, 0.1) is 5.92 Å². The average molecular weight is 443 g/mol. The van der Waals surface area contributed by atoms with Gasteiger partial charge in [0.25, 0.3) is 0 Å². The SMILES string of the molecule is CNCC1CCC[C@@H](n2nc(-c3ccc(Oc4ccccc4)cc3)c3c(N)ncnc32)CC1. The number of hydrogen-bond acceptors (Lipinski definition) is 6. The van der Waals surface area contributed by atoms with E-state index < -0.39 is 0 Å². The molecule has 1 unspecified atom stereocenters. The molecule has 2 atom stereocenters. The van der Waals surface area contributed by atoms with E-state index in [1.54, 1.807) is 0 Å². The van der Waals surface area contributed by atoms with E-state index in [1.807, 2.05) is 61.6 Å². The molecule has 0 amide bonds. The first-order valence-corrected chi connectivity index (χ1v) is 11.7. The molecule has 1 fully saturated rings. The lowest BCUT2D eigenvalue weighted by Gasteiger charge is -2.16. The number of hydrogen-bond donors (Lipinski definition) is 2. The first kappa shape index (κ1) is 21.4. The Morgan fingerprint density at radius 2 is 1.76 bits per heavy atom. The Kier molecular flexibility index (Phi) is 6.21. The van der Waals surface area contributed by atoms with Crippen LogP contribution in [0.1, 0.15) is 38.1 Å². The van der Waals surface area contributed by atoms with E-state index >= 15 is 0 Å². The summed E-state index contributed by atoms with van der Waals surface area (Å²) in [6, 6.07) is 18.0. The minimum absolute atomic E-state index is 0.318. The van der Waals surface area contributed by atoms with Gasteiger partial charge in [-0.3, -0.25) is 0 Å². The van der Waals surface area contributed by atoms with E-state index in [-0.39, 0.29) is 0 Å².